The second-order valence-corrected chi connectivity index (χ2v) is 2.15. The molecule has 1 heterocycles. The Morgan fingerprint density at radius 2 is 2.30 bits per heavy atom. The molecule has 4 nitrogen and oxygen atoms in total. The highest BCUT2D eigenvalue weighted by Gasteiger charge is 2.05. The molecule has 1 rings (SSSR count). The van der Waals surface area contributed by atoms with Crippen LogP contribution in [-0.2, 0) is 0 Å². The smallest absolute Gasteiger partial charge is 0.154 e. The molecule has 0 aliphatic heterocycles. The number of H-pyrrole nitrogens is 1. The van der Waals surface area contributed by atoms with Crippen molar-refractivity contribution in [3.05, 3.63) is 11.6 Å². The highest BCUT2D eigenvalue weighted by atomic mass is 15.2. The standard InChI is InChI=1S/C6H10N4/c1-4(7-3)6-8-5(2)9-10-6/h4H,3H2,1-2H3,(H,8,9,10)/t4-/m0/s1. The largest absolute Gasteiger partial charge is 0.327 e. The normalized spacial score (nSPS) is 13.0. The van der Waals surface area contributed by atoms with Crippen LogP contribution in [-0.4, -0.2) is 21.9 Å². The summed E-state index contributed by atoms with van der Waals surface area (Å²) in [4.78, 5) is 6.76. The third kappa shape index (κ3) is 1.21. The minimum Gasteiger partial charge on any atom is -0.327 e. The Kier molecular flexibility index (Phi) is 1.80. The fraction of sp³-hybridized carbons (Fsp3) is 0.500. The van der Waals surface area contributed by atoms with Gasteiger partial charge in [-0.3, -0.25) is 4.99 Å². The van der Waals surface area contributed by atoms with Crippen molar-refractivity contribution in [2.45, 2.75) is 19.9 Å². The maximum absolute atomic E-state index is 3.85. The number of nitrogens with zero attached hydrogens (tertiary/aromatic N) is 3. The summed E-state index contributed by atoms with van der Waals surface area (Å²) in [6.45, 7) is 7.17. The molecule has 0 aliphatic rings. The summed E-state index contributed by atoms with van der Waals surface area (Å²) in [5.74, 6) is 1.58. The summed E-state index contributed by atoms with van der Waals surface area (Å²) in [6, 6.07) is 0.0150. The first-order valence-corrected chi connectivity index (χ1v) is 3.09. The van der Waals surface area contributed by atoms with Gasteiger partial charge in [0.1, 0.15) is 11.9 Å². The molecule has 4 heteroatoms. The van der Waals surface area contributed by atoms with E-state index in [4.69, 9.17) is 0 Å². The zero-order valence-corrected chi connectivity index (χ0v) is 6.13. The van der Waals surface area contributed by atoms with E-state index in [1.807, 2.05) is 13.8 Å². The Hall–Kier alpha value is -1.19. The van der Waals surface area contributed by atoms with E-state index in [0.29, 0.717) is 0 Å². The van der Waals surface area contributed by atoms with E-state index in [-0.39, 0.29) is 6.04 Å². The maximum atomic E-state index is 3.85. The lowest BCUT2D eigenvalue weighted by Gasteiger charge is -1.96. The Labute approximate surface area is 59.4 Å². The van der Waals surface area contributed by atoms with E-state index >= 15 is 0 Å². The van der Waals surface area contributed by atoms with Gasteiger partial charge in [-0.05, 0) is 20.6 Å². The molecular formula is C6H10N4. The molecule has 10 heavy (non-hydrogen) atoms. The van der Waals surface area contributed by atoms with Gasteiger partial charge in [0, 0.05) is 0 Å². The molecule has 0 aliphatic carbocycles. The lowest BCUT2D eigenvalue weighted by atomic mass is 10.3. The summed E-state index contributed by atoms with van der Waals surface area (Å²) in [5.41, 5.74) is 0. The quantitative estimate of drug-likeness (QED) is 0.616. The molecule has 1 aromatic heterocycles. The molecule has 0 radical (unpaired) electrons. The molecule has 1 aromatic rings. The van der Waals surface area contributed by atoms with Crippen LogP contribution in [0.3, 0.4) is 0 Å². The molecule has 0 saturated heterocycles. The molecule has 0 amide bonds. The van der Waals surface area contributed by atoms with Gasteiger partial charge in [0.15, 0.2) is 5.82 Å². The van der Waals surface area contributed by atoms with Crippen molar-refractivity contribution in [3.63, 3.8) is 0 Å². The highest BCUT2D eigenvalue weighted by Crippen LogP contribution is 2.08. The van der Waals surface area contributed by atoms with E-state index in [2.05, 4.69) is 26.9 Å². The zero-order valence-electron chi connectivity index (χ0n) is 6.13. The molecule has 0 bridgehead atoms. The number of aromatic nitrogens is 3. The van der Waals surface area contributed by atoms with Crippen LogP contribution in [0, 0.1) is 6.92 Å². The Morgan fingerprint density at radius 3 is 2.70 bits per heavy atom. The van der Waals surface area contributed by atoms with Crippen LogP contribution in [0.4, 0.5) is 0 Å². The van der Waals surface area contributed by atoms with Crippen LogP contribution >= 0.6 is 0 Å². The van der Waals surface area contributed by atoms with Crippen molar-refractivity contribution < 1.29 is 0 Å². The molecule has 54 valence electrons. The van der Waals surface area contributed by atoms with Crippen LogP contribution in [0.5, 0.6) is 0 Å². The molecule has 0 fully saturated rings. The molecular weight excluding hydrogens is 128 g/mol. The van der Waals surface area contributed by atoms with Gasteiger partial charge < -0.3 is 4.98 Å². The predicted molar refractivity (Wildman–Crippen MR) is 39.1 cm³/mol. The van der Waals surface area contributed by atoms with Crippen molar-refractivity contribution in [2.24, 2.45) is 4.99 Å². The summed E-state index contributed by atoms with van der Waals surface area (Å²) in [6.07, 6.45) is 0. The predicted octanol–water partition coefficient (Wildman–Crippen LogP) is 0.875. The number of rotatable bonds is 2. The van der Waals surface area contributed by atoms with Gasteiger partial charge in [0.05, 0.1) is 0 Å². The third-order valence-electron chi connectivity index (χ3n) is 1.29. The van der Waals surface area contributed by atoms with Gasteiger partial charge >= 0.3 is 0 Å². The molecule has 0 aromatic carbocycles. The van der Waals surface area contributed by atoms with Gasteiger partial charge in [-0.1, -0.05) is 0 Å². The van der Waals surface area contributed by atoms with Crippen molar-refractivity contribution in [1.29, 1.82) is 0 Å². The topological polar surface area (TPSA) is 53.9 Å². The SMILES string of the molecule is C=N[C@@H](C)c1nnc(C)[nH]1. The Bertz CT molecular complexity index is 227. The minimum absolute atomic E-state index is 0.0150. The average Bonchev–Trinajstić information content (AvgIpc) is 2.34. The molecule has 0 unspecified atom stereocenters. The van der Waals surface area contributed by atoms with Crippen LogP contribution in [0.2, 0.25) is 0 Å². The van der Waals surface area contributed by atoms with Crippen LogP contribution in [0.1, 0.15) is 24.6 Å². The number of aromatic amines is 1. The average molecular weight is 138 g/mol. The lowest BCUT2D eigenvalue weighted by molar-refractivity contribution is 0.753. The minimum atomic E-state index is 0.0150. The Balaban J connectivity index is 2.84. The van der Waals surface area contributed by atoms with E-state index < -0.39 is 0 Å². The summed E-state index contributed by atoms with van der Waals surface area (Å²) < 4.78 is 0. The maximum Gasteiger partial charge on any atom is 0.154 e. The first kappa shape index (κ1) is 6.92. The highest BCUT2D eigenvalue weighted by molar-refractivity contribution is 5.24. The van der Waals surface area contributed by atoms with E-state index in [0.717, 1.165) is 11.6 Å². The fourth-order valence-corrected chi connectivity index (χ4v) is 0.639. The van der Waals surface area contributed by atoms with Gasteiger partial charge in [-0.25, -0.2) is 0 Å². The number of nitrogens with one attached hydrogen (secondary N) is 1. The van der Waals surface area contributed by atoms with E-state index in [1.165, 1.54) is 0 Å². The molecule has 1 atom stereocenters. The van der Waals surface area contributed by atoms with Gasteiger partial charge in [0.25, 0.3) is 0 Å². The second kappa shape index (κ2) is 2.60. The van der Waals surface area contributed by atoms with Gasteiger partial charge in [-0.15, -0.1) is 10.2 Å². The van der Waals surface area contributed by atoms with Crippen LogP contribution < -0.4 is 0 Å². The number of hydrogen-bond donors (Lipinski definition) is 1. The summed E-state index contributed by atoms with van der Waals surface area (Å²) in [7, 11) is 0. The summed E-state index contributed by atoms with van der Waals surface area (Å²) in [5, 5.41) is 7.64. The van der Waals surface area contributed by atoms with Crippen molar-refractivity contribution in [1.82, 2.24) is 15.2 Å². The van der Waals surface area contributed by atoms with Gasteiger partial charge in [0.2, 0.25) is 0 Å². The number of hydrogen-bond acceptors (Lipinski definition) is 3. The number of aliphatic imine (C=N–C) groups is 1. The first-order chi connectivity index (χ1) is 4.74. The number of aryl methyl sites for hydroxylation is 1. The molecule has 0 spiro atoms. The van der Waals surface area contributed by atoms with Crippen molar-refractivity contribution in [2.75, 3.05) is 0 Å². The first-order valence-electron chi connectivity index (χ1n) is 3.09. The second-order valence-electron chi connectivity index (χ2n) is 2.15. The van der Waals surface area contributed by atoms with Gasteiger partial charge in [-0.2, -0.15) is 0 Å². The Morgan fingerprint density at radius 1 is 1.60 bits per heavy atom. The molecule has 1 N–H and O–H groups in total. The summed E-state index contributed by atoms with van der Waals surface area (Å²) >= 11 is 0. The van der Waals surface area contributed by atoms with Crippen LogP contribution in [0.15, 0.2) is 4.99 Å². The zero-order chi connectivity index (χ0) is 7.56. The van der Waals surface area contributed by atoms with E-state index in [9.17, 15) is 0 Å². The van der Waals surface area contributed by atoms with E-state index in [1.54, 1.807) is 0 Å². The fourth-order valence-electron chi connectivity index (χ4n) is 0.639. The van der Waals surface area contributed by atoms with Crippen molar-refractivity contribution in [3.8, 4) is 0 Å². The third-order valence-corrected chi connectivity index (χ3v) is 1.29. The lowest BCUT2D eigenvalue weighted by Crippen LogP contribution is -1.91. The van der Waals surface area contributed by atoms with Crippen molar-refractivity contribution >= 4 is 6.72 Å². The van der Waals surface area contributed by atoms with Crippen LogP contribution in [0.25, 0.3) is 0 Å². The monoisotopic (exact) mass is 138 g/mol. The molecule has 0 saturated carbocycles.